The van der Waals surface area contributed by atoms with Crippen LogP contribution in [0.5, 0.6) is 0 Å². The number of rotatable bonds is 6. The van der Waals surface area contributed by atoms with Crippen LogP contribution in [-0.4, -0.2) is 27.8 Å². The summed E-state index contributed by atoms with van der Waals surface area (Å²) in [5.41, 5.74) is 5.21. The molecule has 16 heavy (non-hydrogen) atoms. The molecule has 90 valence electrons. The van der Waals surface area contributed by atoms with Crippen molar-refractivity contribution >= 4 is 21.8 Å². The summed E-state index contributed by atoms with van der Waals surface area (Å²) in [5.74, 6) is -0.508. The third-order valence-corrected chi connectivity index (χ3v) is 2.51. The highest BCUT2D eigenvalue weighted by molar-refractivity contribution is 9.10. The second-order valence-electron chi connectivity index (χ2n) is 3.35. The van der Waals surface area contributed by atoms with Gasteiger partial charge in [0.15, 0.2) is 6.23 Å². The molecule has 1 heterocycles. The van der Waals surface area contributed by atoms with Gasteiger partial charge in [0.2, 0.25) is 10.6 Å². The number of nitrogens with zero attached hydrogens (tertiary/aromatic N) is 3. The molecule has 0 fully saturated rings. The highest BCUT2D eigenvalue weighted by atomic mass is 79.9. The number of primary amides is 1. The monoisotopic (exact) mass is 290 g/mol. The van der Waals surface area contributed by atoms with E-state index in [1.807, 2.05) is 0 Å². The van der Waals surface area contributed by atoms with Gasteiger partial charge in [-0.05, 0) is 28.8 Å². The molecule has 0 aliphatic heterocycles. The fourth-order valence-electron chi connectivity index (χ4n) is 1.38. The maximum Gasteiger partial charge on any atom is 0.286 e. The molecule has 0 aliphatic carbocycles. The van der Waals surface area contributed by atoms with Crippen LogP contribution in [0.15, 0.2) is 4.73 Å². The number of hydrogen-bond donors (Lipinski definition) is 1. The van der Waals surface area contributed by atoms with E-state index in [2.05, 4.69) is 32.9 Å². The zero-order valence-corrected chi connectivity index (χ0v) is 10.9. The molecule has 0 spiro atoms. The minimum Gasteiger partial charge on any atom is -0.363 e. The Morgan fingerprint density at radius 3 is 2.88 bits per heavy atom. The molecular formula is C9H15BrN4O2. The first kappa shape index (κ1) is 13.1. The van der Waals surface area contributed by atoms with Crippen molar-refractivity contribution in [2.75, 3.05) is 7.11 Å². The molecule has 7 heteroatoms. The van der Waals surface area contributed by atoms with Crippen LogP contribution in [-0.2, 0) is 4.74 Å². The summed E-state index contributed by atoms with van der Waals surface area (Å²) in [6.45, 7) is 2.08. The molecule has 0 saturated heterocycles. The van der Waals surface area contributed by atoms with Gasteiger partial charge in [-0.2, -0.15) is 4.98 Å². The Bertz CT molecular complexity index is 366. The predicted octanol–water partition coefficient (Wildman–Crippen LogP) is 1.47. The normalized spacial score (nSPS) is 12.7. The van der Waals surface area contributed by atoms with Gasteiger partial charge in [-0.1, -0.05) is 13.3 Å². The van der Waals surface area contributed by atoms with E-state index in [4.69, 9.17) is 10.5 Å². The van der Waals surface area contributed by atoms with E-state index in [1.165, 1.54) is 4.68 Å². The van der Waals surface area contributed by atoms with Gasteiger partial charge in [0.25, 0.3) is 5.91 Å². The molecule has 1 amide bonds. The fourth-order valence-corrected chi connectivity index (χ4v) is 1.72. The number of aromatic nitrogens is 3. The van der Waals surface area contributed by atoms with Gasteiger partial charge < -0.3 is 10.5 Å². The van der Waals surface area contributed by atoms with Crippen molar-refractivity contribution in [3.8, 4) is 0 Å². The zero-order valence-electron chi connectivity index (χ0n) is 9.31. The van der Waals surface area contributed by atoms with Gasteiger partial charge in [0.05, 0.1) is 0 Å². The molecule has 0 aromatic carbocycles. The Kier molecular flexibility index (Phi) is 4.88. The zero-order chi connectivity index (χ0) is 12.1. The van der Waals surface area contributed by atoms with E-state index in [-0.39, 0.29) is 12.1 Å². The second kappa shape index (κ2) is 5.95. The van der Waals surface area contributed by atoms with Crippen LogP contribution in [0.2, 0.25) is 0 Å². The maximum absolute atomic E-state index is 11.2. The Morgan fingerprint density at radius 2 is 2.38 bits per heavy atom. The summed E-state index contributed by atoms with van der Waals surface area (Å²) >= 11 is 3.11. The second-order valence-corrected chi connectivity index (χ2v) is 4.06. The summed E-state index contributed by atoms with van der Waals surface area (Å²) in [5, 5.41) is 4.05. The number of halogens is 1. The summed E-state index contributed by atoms with van der Waals surface area (Å²) < 4.78 is 7.03. The predicted molar refractivity (Wildman–Crippen MR) is 61.8 cm³/mol. The van der Waals surface area contributed by atoms with Crippen molar-refractivity contribution in [1.82, 2.24) is 14.8 Å². The van der Waals surface area contributed by atoms with E-state index >= 15 is 0 Å². The SMILES string of the molecule is CCCCC(OC)n1nc(Br)nc1C(N)=O. The van der Waals surface area contributed by atoms with Crippen LogP contribution < -0.4 is 5.73 Å². The molecule has 1 atom stereocenters. The lowest BCUT2D eigenvalue weighted by atomic mass is 10.2. The van der Waals surface area contributed by atoms with E-state index in [0.29, 0.717) is 4.73 Å². The number of amides is 1. The maximum atomic E-state index is 11.2. The Labute approximate surface area is 102 Å². The van der Waals surface area contributed by atoms with E-state index in [9.17, 15) is 4.79 Å². The van der Waals surface area contributed by atoms with Crippen LogP contribution in [0.1, 0.15) is 43.0 Å². The van der Waals surface area contributed by atoms with Gasteiger partial charge in [-0.25, -0.2) is 4.68 Å². The molecule has 1 aromatic rings. The Balaban J connectivity index is 2.94. The molecular weight excluding hydrogens is 276 g/mol. The number of nitrogens with two attached hydrogens (primary N) is 1. The third kappa shape index (κ3) is 3.02. The van der Waals surface area contributed by atoms with Crippen LogP contribution >= 0.6 is 15.9 Å². The van der Waals surface area contributed by atoms with E-state index in [1.54, 1.807) is 7.11 Å². The smallest absolute Gasteiger partial charge is 0.286 e. The molecule has 0 saturated carbocycles. The number of hydrogen-bond acceptors (Lipinski definition) is 4. The number of ether oxygens (including phenoxy) is 1. The lowest BCUT2D eigenvalue weighted by Gasteiger charge is -2.15. The van der Waals surface area contributed by atoms with Crippen LogP contribution in [0.25, 0.3) is 0 Å². The van der Waals surface area contributed by atoms with Crippen molar-refractivity contribution in [1.29, 1.82) is 0 Å². The summed E-state index contributed by atoms with van der Waals surface area (Å²) in [7, 11) is 1.57. The molecule has 0 aliphatic rings. The number of unbranched alkanes of at least 4 members (excludes halogenated alkanes) is 1. The molecule has 1 unspecified atom stereocenters. The van der Waals surface area contributed by atoms with Gasteiger partial charge in [0.1, 0.15) is 0 Å². The molecule has 6 nitrogen and oxygen atoms in total. The van der Waals surface area contributed by atoms with Crippen LogP contribution in [0, 0.1) is 0 Å². The first-order valence-electron chi connectivity index (χ1n) is 5.04. The van der Waals surface area contributed by atoms with Crippen LogP contribution in [0.4, 0.5) is 0 Å². The molecule has 2 N–H and O–H groups in total. The first-order chi connectivity index (χ1) is 7.60. The fraction of sp³-hybridized carbons (Fsp3) is 0.667. The summed E-state index contributed by atoms with van der Waals surface area (Å²) in [4.78, 5) is 15.1. The lowest BCUT2D eigenvalue weighted by molar-refractivity contribution is 0.0223. The Hall–Kier alpha value is -0.950. The average molecular weight is 291 g/mol. The number of carbonyl (C=O) groups excluding carboxylic acids is 1. The van der Waals surface area contributed by atoms with Crippen molar-refractivity contribution < 1.29 is 9.53 Å². The van der Waals surface area contributed by atoms with Crippen molar-refractivity contribution in [3.05, 3.63) is 10.6 Å². The van der Waals surface area contributed by atoms with Gasteiger partial charge in [0, 0.05) is 7.11 Å². The first-order valence-corrected chi connectivity index (χ1v) is 5.84. The van der Waals surface area contributed by atoms with Gasteiger partial charge in [-0.3, -0.25) is 4.79 Å². The molecule has 0 bridgehead atoms. The van der Waals surface area contributed by atoms with E-state index < -0.39 is 5.91 Å². The number of methoxy groups -OCH3 is 1. The lowest BCUT2D eigenvalue weighted by Crippen LogP contribution is -2.23. The highest BCUT2D eigenvalue weighted by Crippen LogP contribution is 2.18. The third-order valence-electron chi connectivity index (χ3n) is 2.18. The Morgan fingerprint density at radius 1 is 1.69 bits per heavy atom. The number of carbonyl (C=O) groups is 1. The minimum atomic E-state index is -0.614. The molecule has 1 aromatic heterocycles. The van der Waals surface area contributed by atoms with Crippen molar-refractivity contribution in [2.45, 2.75) is 32.4 Å². The van der Waals surface area contributed by atoms with Gasteiger partial charge >= 0.3 is 0 Å². The van der Waals surface area contributed by atoms with Crippen LogP contribution in [0.3, 0.4) is 0 Å². The standard InChI is InChI=1S/C9H15BrN4O2/c1-3-4-5-6(16-2)14-8(7(11)15)12-9(10)13-14/h6H,3-5H2,1-2H3,(H2,11,15). The highest BCUT2D eigenvalue weighted by Gasteiger charge is 2.20. The summed E-state index contributed by atoms with van der Waals surface area (Å²) in [6.07, 6.45) is 2.49. The molecule has 0 radical (unpaired) electrons. The quantitative estimate of drug-likeness (QED) is 0.860. The largest absolute Gasteiger partial charge is 0.363 e. The topological polar surface area (TPSA) is 83.0 Å². The average Bonchev–Trinajstić information content (AvgIpc) is 2.62. The van der Waals surface area contributed by atoms with E-state index in [0.717, 1.165) is 19.3 Å². The van der Waals surface area contributed by atoms with Gasteiger partial charge in [-0.15, -0.1) is 5.10 Å². The summed E-state index contributed by atoms with van der Waals surface area (Å²) in [6, 6.07) is 0. The van der Waals surface area contributed by atoms with Crippen molar-refractivity contribution in [3.63, 3.8) is 0 Å². The molecule has 1 rings (SSSR count). The van der Waals surface area contributed by atoms with Crippen molar-refractivity contribution in [2.24, 2.45) is 5.73 Å². The minimum absolute atomic E-state index is 0.106.